The quantitative estimate of drug-likeness (QED) is 0.382. The number of nitriles is 1. The summed E-state index contributed by atoms with van der Waals surface area (Å²) in [5.74, 6) is 0.945. The Hall–Kier alpha value is -3.59. The maximum atomic E-state index is 9.67. The predicted molar refractivity (Wildman–Crippen MR) is 130 cm³/mol. The van der Waals surface area contributed by atoms with Crippen molar-refractivity contribution in [3.05, 3.63) is 107 Å². The Bertz CT molecular complexity index is 1220. The maximum Gasteiger partial charge on any atom is 0.235 e. The summed E-state index contributed by atoms with van der Waals surface area (Å²) in [6.07, 6.45) is 0. The summed E-state index contributed by atoms with van der Waals surface area (Å²) < 4.78 is 6.07. The molecule has 0 bridgehead atoms. The van der Waals surface area contributed by atoms with Crippen LogP contribution in [-0.2, 0) is 0 Å². The Morgan fingerprint density at radius 3 is 2.06 bits per heavy atom. The van der Waals surface area contributed by atoms with Crippen LogP contribution in [0, 0.1) is 11.3 Å². The van der Waals surface area contributed by atoms with E-state index in [1.54, 1.807) is 12.1 Å². The molecule has 0 spiro atoms. The number of oxazole rings is 1. The molecule has 5 rings (SSSR count). The normalized spacial score (nSPS) is 14.4. The van der Waals surface area contributed by atoms with E-state index in [0.29, 0.717) is 22.5 Å². The minimum absolute atomic E-state index is 0.182. The van der Waals surface area contributed by atoms with E-state index in [1.165, 1.54) is 11.1 Å². The van der Waals surface area contributed by atoms with Crippen molar-refractivity contribution in [2.45, 2.75) is 6.04 Å². The number of halogens is 1. The van der Waals surface area contributed by atoms with Crippen molar-refractivity contribution in [1.29, 1.82) is 5.26 Å². The van der Waals surface area contributed by atoms with Gasteiger partial charge in [-0.3, -0.25) is 4.90 Å². The van der Waals surface area contributed by atoms with Gasteiger partial charge < -0.3 is 9.32 Å². The second-order valence-corrected chi connectivity index (χ2v) is 8.48. The highest BCUT2D eigenvalue weighted by atomic mass is 35.5. The summed E-state index contributed by atoms with van der Waals surface area (Å²) in [4.78, 5) is 9.02. The highest BCUT2D eigenvalue weighted by Gasteiger charge is 2.29. The zero-order valence-corrected chi connectivity index (χ0v) is 18.8. The maximum absolute atomic E-state index is 9.67. The van der Waals surface area contributed by atoms with Crippen LogP contribution < -0.4 is 4.90 Å². The Labute approximate surface area is 198 Å². The van der Waals surface area contributed by atoms with Crippen molar-refractivity contribution in [1.82, 2.24) is 9.88 Å². The molecule has 1 saturated heterocycles. The number of aromatic nitrogens is 1. The number of hydrogen-bond acceptors (Lipinski definition) is 5. The van der Waals surface area contributed by atoms with Crippen molar-refractivity contribution in [3.63, 3.8) is 0 Å². The van der Waals surface area contributed by atoms with Crippen LogP contribution >= 0.6 is 11.6 Å². The molecule has 0 radical (unpaired) electrons. The van der Waals surface area contributed by atoms with Crippen LogP contribution in [0.5, 0.6) is 0 Å². The molecule has 1 aliphatic rings. The van der Waals surface area contributed by atoms with Gasteiger partial charge in [-0.2, -0.15) is 10.2 Å². The third kappa shape index (κ3) is 4.49. The predicted octanol–water partition coefficient (Wildman–Crippen LogP) is 5.78. The highest BCUT2D eigenvalue weighted by molar-refractivity contribution is 6.30. The Morgan fingerprint density at radius 2 is 1.48 bits per heavy atom. The molecule has 5 nitrogen and oxygen atoms in total. The lowest BCUT2D eigenvalue weighted by atomic mass is 9.96. The standard InChI is InChI=1S/C27H23ClN4O/c28-23-13-7-12-22(18-23)26-30-24(19-29)27(33-26)32-16-14-31(15-17-32)25(20-8-3-1-4-9-20)21-10-5-2-6-11-21/h1-13,18,25H,14-17H2. The number of nitrogens with zero attached hydrogens (tertiary/aromatic N) is 4. The molecule has 0 amide bonds. The summed E-state index contributed by atoms with van der Waals surface area (Å²) in [6.45, 7) is 3.17. The van der Waals surface area contributed by atoms with Gasteiger partial charge in [0.05, 0.1) is 6.04 Å². The van der Waals surface area contributed by atoms with E-state index in [4.69, 9.17) is 16.0 Å². The Balaban J connectivity index is 1.38. The van der Waals surface area contributed by atoms with Crippen LogP contribution in [-0.4, -0.2) is 36.1 Å². The lowest BCUT2D eigenvalue weighted by molar-refractivity contribution is 0.209. The number of anilines is 1. The van der Waals surface area contributed by atoms with E-state index >= 15 is 0 Å². The molecule has 0 atom stereocenters. The minimum atomic E-state index is 0.182. The fraction of sp³-hybridized carbons (Fsp3) is 0.185. The van der Waals surface area contributed by atoms with Gasteiger partial charge in [0, 0.05) is 36.8 Å². The first-order valence-electron chi connectivity index (χ1n) is 11.0. The first-order valence-corrected chi connectivity index (χ1v) is 11.4. The molecule has 0 saturated carbocycles. The van der Waals surface area contributed by atoms with Gasteiger partial charge in [-0.25, -0.2) is 0 Å². The lowest BCUT2D eigenvalue weighted by Gasteiger charge is -2.39. The number of rotatable bonds is 5. The average Bonchev–Trinajstić information content (AvgIpc) is 3.31. The van der Waals surface area contributed by atoms with E-state index in [-0.39, 0.29) is 6.04 Å². The molecular weight excluding hydrogens is 432 g/mol. The molecule has 1 aliphatic heterocycles. The Morgan fingerprint density at radius 1 is 0.848 bits per heavy atom. The molecular formula is C27H23ClN4O. The summed E-state index contributed by atoms with van der Waals surface area (Å²) in [6, 6.07) is 30.9. The smallest absolute Gasteiger partial charge is 0.235 e. The molecule has 1 fully saturated rings. The van der Waals surface area contributed by atoms with Crippen LogP contribution in [0.1, 0.15) is 22.9 Å². The first kappa shape index (κ1) is 21.3. The summed E-state index contributed by atoms with van der Waals surface area (Å²) in [5.41, 5.74) is 3.62. The summed E-state index contributed by atoms with van der Waals surface area (Å²) in [7, 11) is 0. The second-order valence-electron chi connectivity index (χ2n) is 8.04. The van der Waals surface area contributed by atoms with Crippen LogP contribution in [0.15, 0.2) is 89.3 Å². The average molecular weight is 455 g/mol. The monoisotopic (exact) mass is 454 g/mol. The van der Waals surface area contributed by atoms with Gasteiger partial charge in [0.2, 0.25) is 17.5 Å². The molecule has 33 heavy (non-hydrogen) atoms. The van der Waals surface area contributed by atoms with Gasteiger partial charge >= 0.3 is 0 Å². The van der Waals surface area contributed by atoms with E-state index in [0.717, 1.165) is 31.7 Å². The van der Waals surface area contributed by atoms with Gasteiger partial charge in [-0.1, -0.05) is 78.3 Å². The summed E-state index contributed by atoms with van der Waals surface area (Å²) in [5, 5.41) is 10.3. The van der Waals surface area contributed by atoms with Gasteiger partial charge in [0.15, 0.2) is 0 Å². The van der Waals surface area contributed by atoms with E-state index < -0.39 is 0 Å². The zero-order valence-electron chi connectivity index (χ0n) is 18.1. The molecule has 6 heteroatoms. The molecule has 0 aliphatic carbocycles. The van der Waals surface area contributed by atoms with E-state index in [2.05, 4.69) is 69.4 Å². The molecule has 0 N–H and O–H groups in total. The number of benzene rings is 3. The third-order valence-corrected chi connectivity index (χ3v) is 6.22. The number of piperazine rings is 1. The van der Waals surface area contributed by atoms with Crippen molar-refractivity contribution in [3.8, 4) is 17.5 Å². The zero-order chi connectivity index (χ0) is 22.6. The minimum Gasteiger partial charge on any atom is -0.419 e. The van der Waals surface area contributed by atoms with Crippen LogP contribution in [0.3, 0.4) is 0 Å². The molecule has 164 valence electrons. The van der Waals surface area contributed by atoms with Crippen molar-refractivity contribution in [2.75, 3.05) is 31.1 Å². The SMILES string of the molecule is N#Cc1nc(-c2cccc(Cl)c2)oc1N1CCN(C(c2ccccc2)c2ccccc2)CC1. The van der Waals surface area contributed by atoms with Crippen LogP contribution in [0.4, 0.5) is 5.88 Å². The Kier molecular flexibility index (Phi) is 6.12. The largest absolute Gasteiger partial charge is 0.419 e. The topological polar surface area (TPSA) is 56.3 Å². The van der Waals surface area contributed by atoms with Gasteiger partial charge in [-0.15, -0.1) is 0 Å². The fourth-order valence-electron chi connectivity index (χ4n) is 4.41. The molecule has 0 unspecified atom stereocenters. The van der Waals surface area contributed by atoms with E-state index in [9.17, 15) is 5.26 Å². The second kappa shape index (κ2) is 9.50. The molecule has 1 aromatic heterocycles. The summed E-state index contributed by atoms with van der Waals surface area (Å²) >= 11 is 6.12. The van der Waals surface area contributed by atoms with Crippen LogP contribution in [0.25, 0.3) is 11.5 Å². The van der Waals surface area contributed by atoms with Gasteiger partial charge in [-0.05, 0) is 29.3 Å². The van der Waals surface area contributed by atoms with Crippen molar-refractivity contribution < 1.29 is 4.42 Å². The lowest BCUT2D eigenvalue weighted by Crippen LogP contribution is -2.48. The van der Waals surface area contributed by atoms with Crippen molar-refractivity contribution in [2.24, 2.45) is 0 Å². The first-order chi connectivity index (χ1) is 16.2. The highest BCUT2D eigenvalue weighted by Crippen LogP contribution is 2.33. The molecule has 4 aromatic rings. The number of hydrogen-bond donors (Lipinski definition) is 0. The van der Waals surface area contributed by atoms with Gasteiger partial charge in [0.25, 0.3) is 0 Å². The molecule has 2 heterocycles. The van der Waals surface area contributed by atoms with E-state index in [1.807, 2.05) is 24.3 Å². The van der Waals surface area contributed by atoms with Crippen molar-refractivity contribution >= 4 is 17.5 Å². The third-order valence-electron chi connectivity index (χ3n) is 5.98. The fourth-order valence-corrected chi connectivity index (χ4v) is 4.60. The molecule has 3 aromatic carbocycles. The van der Waals surface area contributed by atoms with Gasteiger partial charge in [0.1, 0.15) is 6.07 Å². The van der Waals surface area contributed by atoms with Crippen LogP contribution in [0.2, 0.25) is 5.02 Å².